The summed E-state index contributed by atoms with van der Waals surface area (Å²) in [7, 11) is 0. The number of carbonyl (C=O) groups excluding carboxylic acids is 2. The number of nitrogens with one attached hydrogen (secondary N) is 1. The number of dihydropyridines is 1. The van der Waals surface area contributed by atoms with Crippen LogP contribution in [0.5, 0.6) is 0 Å². The Balaban J connectivity index is 3.35. The van der Waals surface area contributed by atoms with E-state index >= 15 is 0 Å². The number of allylic oxidation sites excluding steroid dienone is 2. The van der Waals surface area contributed by atoms with E-state index in [1.165, 1.54) is 0 Å². The lowest BCUT2D eigenvalue weighted by Gasteiger charge is -2.33. The molecule has 0 saturated heterocycles. The van der Waals surface area contributed by atoms with E-state index in [0.717, 1.165) is 0 Å². The fourth-order valence-corrected chi connectivity index (χ4v) is 2.73. The predicted molar refractivity (Wildman–Crippen MR) is 74.8 cm³/mol. The van der Waals surface area contributed by atoms with Crippen molar-refractivity contribution in [3.8, 4) is 0 Å². The highest BCUT2D eigenvalue weighted by Crippen LogP contribution is 2.35. The maximum absolute atomic E-state index is 11.3. The summed E-state index contributed by atoms with van der Waals surface area (Å²) in [5.74, 6) is -3.54. The minimum atomic E-state index is -1.58. The number of rotatable bonds is 8. The zero-order valence-corrected chi connectivity index (χ0v) is 12.7. The van der Waals surface area contributed by atoms with Crippen LogP contribution >= 0.6 is 0 Å². The summed E-state index contributed by atoms with van der Waals surface area (Å²) in [5, 5.41) is 21.3. The van der Waals surface area contributed by atoms with Crippen molar-refractivity contribution in [2.24, 2.45) is 5.92 Å². The van der Waals surface area contributed by atoms with Crippen molar-refractivity contribution in [1.82, 2.24) is 5.32 Å². The summed E-state index contributed by atoms with van der Waals surface area (Å²) in [6.07, 6.45) is -3.16. The van der Waals surface area contributed by atoms with E-state index in [9.17, 15) is 29.4 Å². The number of hydrogen-bond donors (Lipinski definition) is 3. The average molecular weight is 327 g/mol. The topological polar surface area (TPSA) is 139 Å². The Morgan fingerprint density at radius 2 is 1.35 bits per heavy atom. The Morgan fingerprint density at radius 1 is 1.00 bits per heavy atom. The van der Waals surface area contributed by atoms with Gasteiger partial charge in [0, 0.05) is 28.5 Å². The second kappa shape index (κ2) is 7.43. The third kappa shape index (κ3) is 3.68. The van der Waals surface area contributed by atoms with Crippen molar-refractivity contribution in [3.63, 3.8) is 0 Å². The molecule has 9 heteroatoms. The van der Waals surface area contributed by atoms with Crippen LogP contribution in [0.1, 0.15) is 20.8 Å². The molecule has 0 fully saturated rings. The number of carbonyl (C=O) groups is 4. The van der Waals surface area contributed by atoms with Gasteiger partial charge in [-0.15, -0.1) is 0 Å². The molecule has 1 heterocycles. The molecule has 23 heavy (non-hydrogen) atoms. The molecule has 2 unspecified atom stereocenters. The van der Waals surface area contributed by atoms with Gasteiger partial charge in [0.15, 0.2) is 0 Å². The van der Waals surface area contributed by atoms with Crippen LogP contribution in [0.4, 0.5) is 0 Å². The molecule has 0 saturated carbocycles. The Labute approximate surface area is 131 Å². The summed E-state index contributed by atoms with van der Waals surface area (Å²) in [6, 6.07) is 0. The van der Waals surface area contributed by atoms with Crippen molar-refractivity contribution in [2.75, 3.05) is 0 Å². The van der Waals surface area contributed by atoms with Gasteiger partial charge in [-0.3, -0.25) is 9.59 Å². The molecule has 126 valence electrons. The first-order valence-corrected chi connectivity index (χ1v) is 6.58. The zero-order valence-electron chi connectivity index (χ0n) is 12.7. The fraction of sp³-hybridized carbons (Fsp3) is 0.429. The molecule has 0 radical (unpaired) electrons. The number of aliphatic carboxylic acids is 2. The maximum atomic E-state index is 11.3. The van der Waals surface area contributed by atoms with Crippen LogP contribution in [-0.4, -0.2) is 47.3 Å². The fourth-order valence-electron chi connectivity index (χ4n) is 2.73. The number of carboxylic acid groups (broad SMARTS) is 2. The predicted octanol–water partition coefficient (Wildman–Crippen LogP) is 0.0261. The van der Waals surface area contributed by atoms with Gasteiger partial charge in [-0.25, -0.2) is 9.59 Å². The smallest absolute Gasteiger partial charge is 0.349 e. The second-order valence-corrected chi connectivity index (χ2v) is 4.91. The summed E-state index contributed by atoms with van der Waals surface area (Å²) >= 11 is 0. The quantitative estimate of drug-likeness (QED) is 0.526. The van der Waals surface area contributed by atoms with Crippen LogP contribution in [0.2, 0.25) is 0 Å². The van der Waals surface area contributed by atoms with Gasteiger partial charge >= 0.3 is 11.9 Å². The summed E-state index contributed by atoms with van der Waals surface area (Å²) in [4.78, 5) is 43.8. The minimum Gasteiger partial charge on any atom is -0.478 e. The standard InChI is InChI=1S/C14H17NO8/c1-6-9(11(13(18)19)22-4-16)7(2)15-8(3)10(6)12(14(20)21)23-5-17/h4-6,11-12,15H,1-3H3,(H,18,19)(H,20,21). The highest BCUT2D eigenvalue weighted by atomic mass is 16.6. The van der Waals surface area contributed by atoms with Crippen LogP contribution in [0.25, 0.3) is 0 Å². The molecule has 1 aliphatic rings. The zero-order chi connectivity index (χ0) is 17.7. The van der Waals surface area contributed by atoms with Crippen LogP contribution in [0, 0.1) is 5.92 Å². The molecule has 0 spiro atoms. The molecule has 0 aromatic rings. The molecule has 0 aliphatic carbocycles. The van der Waals surface area contributed by atoms with Gasteiger partial charge in [-0.05, 0) is 13.8 Å². The molecule has 0 aromatic heterocycles. The molecule has 0 bridgehead atoms. The van der Waals surface area contributed by atoms with Crippen molar-refractivity contribution >= 4 is 24.9 Å². The van der Waals surface area contributed by atoms with E-state index in [1.807, 2.05) is 0 Å². The maximum Gasteiger partial charge on any atom is 0.349 e. The number of hydrogen-bond acceptors (Lipinski definition) is 7. The Morgan fingerprint density at radius 3 is 1.61 bits per heavy atom. The normalized spacial score (nSPS) is 20.2. The van der Waals surface area contributed by atoms with E-state index in [1.54, 1.807) is 20.8 Å². The van der Waals surface area contributed by atoms with Gasteiger partial charge in [0.25, 0.3) is 12.9 Å². The molecular formula is C14H17NO8. The summed E-state index contributed by atoms with van der Waals surface area (Å²) in [5.41, 5.74) is 1.18. The van der Waals surface area contributed by atoms with Crippen molar-refractivity contribution < 1.29 is 38.9 Å². The average Bonchev–Trinajstić information content (AvgIpc) is 2.44. The minimum absolute atomic E-state index is 0.00718. The number of carboxylic acids is 2. The Kier molecular flexibility index (Phi) is 5.88. The van der Waals surface area contributed by atoms with Gasteiger partial charge in [0.1, 0.15) is 0 Å². The lowest BCUT2D eigenvalue weighted by atomic mass is 9.81. The number of ether oxygens (including phenoxy) is 2. The Hall–Kier alpha value is -2.84. The van der Waals surface area contributed by atoms with Crippen LogP contribution in [0.3, 0.4) is 0 Å². The van der Waals surface area contributed by atoms with Crippen LogP contribution < -0.4 is 5.32 Å². The molecule has 3 N–H and O–H groups in total. The van der Waals surface area contributed by atoms with Gasteiger partial charge in [-0.1, -0.05) is 6.92 Å². The van der Waals surface area contributed by atoms with E-state index in [4.69, 9.17) is 0 Å². The third-order valence-corrected chi connectivity index (χ3v) is 3.57. The van der Waals surface area contributed by atoms with Crippen molar-refractivity contribution in [3.05, 3.63) is 22.5 Å². The van der Waals surface area contributed by atoms with E-state index in [2.05, 4.69) is 14.8 Å². The molecule has 0 amide bonds. The van der Waals surface area contributed by atoms with Gasteiger partial charge in [-0.2, -0.15) is 0 Å². The molecule has 1 rings (SSSR count). The Bertz CT molecular complexity index is 542. The van der Waals surface area contributed by atoms with Gasteiger partial charge in [0.2, 0.25) is 12.2 Å². The lowest BCUT2D eigenvalue weighted by Crippen LogP contribution is -2.40. The van der Waals surface area contributed by atoms with E-state index < -0.39 is 30.1 Å². The van der Waals surface area contributed by atoms with Gasteiger partial charge < -0.3 is 25.0 Å². The third-order valence-electron chi connectivity index (χ3n) is 3.57. The van der Waals surface area contributed by atoms with Crippen molar-refractivity contribution in [1.29, 1.82) is 0 Å². The molecule has 2 atom stereocenters. The highest BCUT2D eigenvalue weighted by Gasteiger charge is 2.39. The first-order chi connectivity index (χ1) is 10.8. The lowest BCUT2D eigenvalue weighted by molar-refractivity contribution is -0.155. The van der Waals surface area contributed by atoms with E-state index in [-0.39, 0.29) is 24.1 Å². The highest BCUT2D eigenvalue weighted by molar-refractivity contribution is 5.81. The van der Waals surface area contributed by atoms with Crippen molar-refractivity contribution in [2.45, 2.75) is 33.0 Å². The van der Waals surface area contributed by atoms with Crippen LogP contribution in [0.15, 0.2) is 22.5 Å². The van der Waals surface area contributed by atoms with E-state index in [0.29, 0.717) is 11.4 Å². The van der Waals surface area contributed by atoms with Crippen LogP contribution in [-0.2, 0) is 28.7 Å². The molecule has 0 aromatic carbocycles. The molecule has 9 nitrogen and oxygen atoms in total. The largest absolute Gasteiger partial charge is 0.478 e. The first kappa shape index (κ1) is 18.2. The second-order valence-electron chi connectivity index (χ2n) is 4.91. The molecular weight excluding hydrogens is 310 g/mol. The summed E-state index contributed by atoms with van der Waals surface area (Å²) < 4.78 is 9.22. The monoisotopic (exact) mass is 327 g/mol. The first-order valence-electron chi connectivity index (χ1n) is 6.58. The summed E-state index contributed by atoms with van der Waals surface area (Å²) in [6.45, 7) is 4.71. The molecule has 1 aliphatic heterocycles. The van der Waals surface area contributed by atoms with Gasteiger partial charge in [0.05, 0.1) is 0 Å². The SMILES string of the molecule is CC1=C(C(OC=O)C(=O)O)C(C)C(C(OC=O)C(=O)O)=C(C)N1.